The molecule has 1 atom stereocenters. The Bertz CT molecular complexity index is 83.6. The summed E-state index contributed by atoms with van der Waals surface area (Å²) < 4.78 is 5.53. The summed E-state index contributed by atoms with van der Waals surface area (Å²) in [5, 5.41) is 0. The topological polar surface area (TPSA) is 9.23 Å². The zero-order chi connectivity index (χ0) is 8.69. The summed E-state index contributed by atoms with van der Waals surface area (Å²) in [7, 11) is 0. The van der Waals surface area contributed by atoms with Crippen molar-refractivity contribution in [3.8, 4) is 0 Å². The lowest BCUT2D eigenvalue weighted by atomic mass is 10.1. The predicted molar refractivity (Wildman–Crippen MR) is 53.3 cm³/mol. The number of hydrogen-bond donors (Lipinski definition) is 0. The van der Waals surface area contributed by atoms with Gasteiger partial charge in [0.25, 0.3) is 0 Å². The van der Waals surface area contributed by atoms with Crippen molar-refractivity contribution < 1.29 is 4.74 Å². The molecule has 0 aliphatic rings. The monoisotopic (exact) mass is 176 g/mol. The molecule has 2 heteroatoms. The largest absolute Gasteiger partial charge is 0.378 e. The van der Waals surface area contributed by atoms with Crippen LogP contribution in [-0.4, -0.2) is 24.7 Å². The highest BCUT2D eigenvalue weighted by Crippen LogP contribution is 2.10. The summed E-state index contributed by atoms with van der Waals surface area (Å²) in [5.74, 6) is 1.97. The molecule has 0 saturated heterocycles. The van der Waals surface area contributed by atoms with Gasteiger partial charge in [-0.15, -0.1) is 0 Å². The van der Waals surface area contributed by atoms with Gasteiger partial charge in [-0.1, -0.05) is 13.3 Å². The van der Waals surface area contributed by atoms with Gasteiger partial charge in [0.2, 0.25) is 0 Å². The summed E-state index contributed by atoms with van der Waals surface area (Å²) in [5.41, 5.74) is 0. The third-order valence-electron chi connectivity index (χ3n) is 1.64. The molecule has 0 N–H and O–H groups in total. The van der Waals surface area contributed by atoms with Gasteiger partial charge < -0.3 is 4.74 Å². The number of hydrogen-bond acceptors (Lipinski definition) is 2. The lowest BCUT2D eigenvalue weighted by molar-refractivity contribution is 0.0556. The molecule has 0 aliphatic carbocycles. The first-order valence-corrected chi connectivity index (χ1v) is 5.70. The Morgan fingerprint density at radius 2 is 2.00 bits per heavy atom. The molecular formula is C9H20OS. The molecule has 0 heterocycles. The van der Waals surface area contributed by atoms with Gasteiger partial charge in [0.1, 0.15) is 0 Å². The minimum absolute atomic E-state index is 0.380. The predicted octanol–water partition coefficient (Wildman–Crippen LogP) is 2.80. The van der Waals surface area contributed by atoms with Crippen LogP contribution in [0.3, 0.4) is 0 Å². The fourth-order valence-corrected chi connectivity index (χ4v) is 1.65. The molecule has 0 aliphatic heterocycles. The fourth-order valence-electron chi connectivity index (χ4n) is 0.848. The molecule has 0 rings (SSSR count). The van der Waals surface area contributed by atoms with Crippen LogP contribution in [0.4, 0.5) is 0 Å². The van der Waals surface area contributed by atoms with Crippen LogP contribution in [0.1, 0.15) is 27.2 Å². The second-order valence-electron chi connectivity index (χ2n) is 3.11. The second kappa shape index (κ2) is 6.99. The van der Waals surface area contributed by atoms with Gasteiger partial charge in [-0.3, -0.25) is 0 Å². The molecule has 1 nitrogen and oxygen atoms in total. The van der Waals surface area contributed by atoms with Crippen LogP contribution in [0.5, 0.6) is 0 Å². The van der Waals surface area contributed by atoms with Crippen molar-refractivity contribution in [3.05, 3.63) is 0 Å². The van der Waals surface area contributed by atoms with Crippen LogP contribution < -0.4 is 0 Å². The van der Waals surface area contributed by atoms with Gasteiger partial charge in [0, 0.05) is 0 Å². The van der Waals surface area contributed by atoms with Crippen LogP contribution in [-0.2, 0) is 4.74 Å². The van der Waals surface area contributed by atoms with Crippen LogP contribution in [0, 0.1) is 5.92 Å². The van der Waals surface area contributed by atoms with Crippen LogP contribution in [0.15, 0.2) is 0 Å². The van der Waals surface area contributed by atoms with Crippen LogP contribution in [0.2, 0.25) is 0 Å². The Morgan fingerprint density at radius 1 is 1.36 bits per heavy atom. The summed E-state index contributed by atoms with van der Waals surface area (Å²) >= 11 is 1.91. The summed E-state index contributed by atoms with van der Waals surface area (Å²) in [6.07, 6.45) is 3.76. The van der Waals surface area contributed by atoms with Gasteiger partial charge >= 0.3 is 0 Å². The van der Waals surface area contributed by atoms with Gasteiger partial charge in [0.05, 0.1) is 12.7 Å². The molecule has 0 bridgehead atoms. The number of ether oxygens (including phenoxy) is 1. The Labute approximate surface area is 74.9 Å². The Balaban J connectivity index is 3.35. The number of rotatable bonds is 6. The van der Waals surface area contributed by atoms with E-state index in [1.165, 1.54) is 12.2 Å². The van der Waals surface area contributed by atoms with E-state index in [0.29, 0.717) is 6.10 Å². The highest BCUT2D eigenvalue weighted by atomic mass is 32.2. The molecule has 0 aromatic carbocycles. The third-order valence-corrected chi connectivity index (χ3v) is 2.45. The van der Waals surface area contributed by atoms with Crippen molar-refractivity contribution in [1.82, 2.24) is 0 Å². The highest BCUT2D eigenvalue weighted by molar-refractivity contribution is 7.98. The Hall–Kier alpha value is 0.310. The Morgan fingerprint density at radius 3 is 2.36 bits per heavy atom. The standard InChI is InChI=1S/C9H20OS/c1-5-9(7-11-4)6-10-8(2)3/h8-9H,5-7H2,1-4H3. The number of thioether (sulfide) groups is 1. The maximum atomic E-state index is 5.53. The van der Waals surface area contributed by atoms with Gasteiger partial charge in [0.15, 0.2) is 0 Å². The molecule has 0 aromatic heterocycles. The highest BCUT2D eigenvalue weighted by Gasteiger charge is 2.05. The maximum Gasteiger partial charge on any atom is 0.0519 e. The van der Waals surface area contributed by atoms with E-state index in [0.717, 1.165) is 12.5 Å². The van der Waals surface area contributed by atoms with Crippen molar-refractivity contribution >= 4 is 11.8 Å². The smallest absolute Gasteiger partial charge is 0.0519 e. The molecule has 0 spiro atoms. The van der Waals surface area contributed by atoms with E-state index in [1.807, 2.05) is 11.8 Å². The summed E-state index contributed by atoms with van der Waals surface area (Å²) in [6, 6.07) is 0. The van der Waals surface area contributed by atoms with E-state index >= 15 is 0 Å². The van der Waals surface area contributed by atoms with E-state index in [4.69, 9.17) is 4.74 Å². The second-order valence-corrected chi connectivity index (χ2v) is 4.02. The summed E-state index contributed by atoms with van der Waals surface area (Å²) in [6.45, 7) is 7.33. The van der Waals surface area contributed by atoms with Crippen LogP contribution >= 0.6 is 11.8 Å². The lowest BCUT2D eigenvalue weighted by Gasteiger charge is -2.15. The normalized spacial score (nSPS) is 13.9. The van der Waals surface area contributed by atoms with Crippen molar-refractivity contribution in [3.63, 3.8) is 0 Å². The molecule has 0 fully saturated rings. The van der Waals surface area contributed by atoms with Crippen molar-refractivity contribution in [2.45, 2.75) is 33.3 Å². The Kier molecular flexibility index (Phi) is 7.18. The zero-order valence-electron chi connectivity index (χ0n) is 8.09. The first-order chi connectivity index (χ1) is 5.20. The molecule has 0 amide bonds. The molecular weight excluding hydrogens is 156 g/mol. The molecule has 11 heavy (non-hydrogen) atoms. The van der Waals surface area contributed by atoms with E-state index in [1.54, 1.807) is 0 Å². The molecule has 0 radical (unpaired) electrons. The van der Waals surface area contributed by atoms with E-state index in [9.17, 15) is 0 Å². The van der Waals surface area contributed by atoms with E-state index in [2.05, 4.69) is 27.0 Å². The first kappa shape index (κ1) is 11.3. The zero-order valence-corrected chi connectivity index (χ0v) is 8.91. The average molecular weight is 176 g/mol. The van der Waals surface area contributed by atoms with Crippen molar-refractivity contribution in [1.29, 1.82) is 0 Å². The third kappa shape index (κ3) is 6.70. The quantitative estimate of drug-likeness (QED) is 0.615. The fraction of sp³-hybridized carbons (Fsp3) is 1.00. The van der Waals surface area contributed by atoms with Gasteiger partial charge in [-0.2, -0.15) is 11.8 Å². The molecule has 0 saturated carbocycles. The lowest BCUT2D eigenvalue weighted by Crippen LogP contribution is -2.14. The first-order valence-electron chi connectivity index (χ1n) is 4.31. The maximum absolute atomic E-state index is 5.53. The van der Waals surface area contributed by atoms with E-state index in [-0.39, 0.29) is 0 Å². The summed E-state index contributed by atoms with van der Waals surface area (Å²) in [4.78, 5) is 0. The SMILES string of the molecule is CCC(COC(C)C)CSC. The van der Waals surface area contributed by atoms with E-state index < -0.39 is 0 Å². The molecule has 68 valence electrons. The minimum Gasteiger partial charge on any atom is -0.378 e. The molecule has 1 unspecified atom stereocenters. The average Bonchev–Trinajstić information content (AvgIpc) is 1.97. The van der Waals surface area contributed by atoms with Crippen LogP contribution in [0.25, 0.3) is 0 Å². The van der Waals surface area contributed by atoms with Crippen molar-refractivity contribution in [2.75, 3.05) is 18.6 Å². The van der Waals surface area contributed by atoms with Gasteiger partial charge in [-0.25, -0.2) is 0 Å². The minimum atomic E-state index is 0.380. The van der Waals surface area contributed by atoms with Crippen molar-refractivity contribution in [2.24, 2.45) is 5.92 Å². The van der Waals surface area contributed by atoms with Gasteiger partial charge in [-0.05, 0) is 31.8 Å². The molecule has 0 aromatic rings.